The molecule has 1 rings (SSSR count). The molecule has 0 aliphatic carbocycles. The first-order valence-electron chi connectivity index (χ1n) is 5.96. The highest BCUT2D eigenvalue weighted by Gasteiger charge is 2.24. The molecule has 0 atom stereocenters. The third kappa shape index (κ3) is 5.22. The summed E-state index contributed by atoms with van der Waals surface area (Å²) in [4.78, 5) is 10.7. The quantitative estimate of drug-likeness (QED) is 0.635. The first-order valence-corrected chi connectivity index (χ1v) is 8.27. The molecule has 0 spiro atoms. The van der Waals surface area contributed by atoms with Crippen molar-refractivity contribution in [1.82, 2.24) is 5.32 Å². The van der Waals surface area contributed by atoms with Gasteiger partial charge < -0.3 is 10.1 Å². The minimum atomic E-state index is -4.50. The first-order chi connectivity index (χ1) is 9.62. The number of carbonyl (C=O) groups is 1. The molecule has 5 nitrogen and oxygen atoms in total. The molecule has 0 aliphatic rings. The van der Waals surface area contributed by atoms with E-state index in [1.807, 2.05) is 0 Å². The minimum Gasteiger partial charge on any atom is -0.377 e. The van der Waals surface area contributed by atoms with Gasteiger partial charge in [-0.15, -0.1) is 0 Å². The Balaban J connectivity index is 2.93. The van der Waals surface area contributed by atoms with Crippen LogP contribution in [-0.2, 0) is 13.8 Å². The zero-order chi connectivity index (χ0) is 16.2. The monoisotopic (exact) mass is 341 g/mol. The van der Waals surface area contributed by atoms with Gasteiger partial charge in [0.25, 0.3) is 15.0 Å². The molecule has 0 radical (unpaired) electrons. The Hall–Kier alpha value is -1.25. The van der Waals surface area contributed by atoms with Crippen molar-refractivity contribution in [3.8, 4) is 0 Å². The summed E-state index contributed by atoms with van der Waals surface area (Å²) < 4.78 is 54.6. The van der Waals surface area contributed by atoms with Crippen molar-refractivity contribution in [3.05, 3.63) is 29.3 Å². The summed E-state index contributed by atoms with van der Waals surface area (Å²) in [6.45, 7) is 3.84. The fraction of sp³-hybridized carbons (Fsp3) is 0.417. The Morgan fingerprint density at radius 3 is 2.52 bits per heavy atom. The van der Waals surface area contributed by atoms with E-state index in [-0.39, 0.29) is 19.3 Å². The van der Waals surface area contributed by atoms with Crippen LogP contribution in [0.5, 0.6) is 0 Å². The van der Waals surface area contributed by atoms with Crippen molar-refractivity contribution < 1.29 is 26.7 Å². The topological polar surface area (TPSA) is 72.5 Å². The Morgan fingerprint density at radius 2 is 2.00 bits per heavy atom. The number of benzene rings is 1. The number of amides is 1. The van der Waals surface area contributed by atoms with Crippen molar-refractivity contribution >= 4 is 25.6 Å². The van der Waals surface area contributed by atoms with Crippen molar-refractivity contribution in [2.45, 2.75) is 24.8 Å². The molecule has 0 aliphatic heterocycles. The maximum Gasteiger partial charge on any atom is 0.264 e. The van der Waals surface area contributed by atoms with Crippen LogP contribution < -0.4 is 5.32 Å². The van der Waals surface area contributed by atoms with Crippen LogP contribution in [-0.4, -0.2) is 33.6 Å². The van der Waals surface area contributed by atoms with Gasteiger partial charge in [0.05, 0.1) is 18.3 Å². The molecular weight excluding hydrogens is 328 g/mol. The van der Waals surface area contributed by atoms with E-state index in [0.29, 0.717) is 12.1 Å². The van der Waals surface area contributed by atoms with Crippen LogP contribution in [0.25, 0.3) is 0 Å². The lowest BCUT2D eigenvalue weighted by molar-refractivity contribution is 0.0744. The number of rotatable bonds is 6. The number of halogens is 3. The second-order valence-corrected chi connectivity index (χ2v) is 6.91. The fourth-order valence-electron chi connectivity index (χ4n) is 1.46. The maximum absolute atomic E-state index is 13.9. The lowest BCUT2D eigenvalue weighted by Gasteiger charge is -2.10. The van der Waals surface area contributed by atoms with E-state index in [1.54, 1.807) is 13.8 Å². The average Bonchev–Trinajstić information content (AvgIpc) is 2.35. The van der Waals surface area contributed by atoms with Crippen LogP contribution in [0.4, 0.5) is 8.78 Å². The summed E-state index contributed by atoms with van der Waals surface area (Å²) in [5.74, 6) is -3.44. The summed E-state index contributed by atoms with van der Waals surface area (Å²) in [7, 11) is 0.492. The molecule has 1 N–H and O–H groups in total. The molecule has 118 valence electrons. The van der Waals surface area contributed by atoms with E-state index in [9.17, 15) is 22.0 Å². The van der Waals surface area contributed by atoms with E-state index in [0.717, 1.165) is 0 Å². The lowest BCUT2D eigenvalue weighted by atomic mass is 10.2. The molecule has 0 heterocycles. The molecule has 0 fully saturated rings. The van der Waals surface area contributed by atoms with Gasteiger partial charge in [-0.2, -0.15) is 0 Å². The average molecular weight is 342 g/mol. The molecule has 9 heteroatoms. The summed E-state index contributed by atoms with van der Waals surface area (Å²) in [6.07, 6.45) is -0.0409. The highest BCUT2D eigenvalue weighted by atomic mass is 35.7. The zero-order valence-electron chi connectivity index (χ0n) is 11.3. The second kappa shape index (κ2) is 7.15. The van der Waals surface area contributed by atoms with Crippen LogP contribution >= 0.6 is 10.7 Å². The SMILES string of the molecule is CC(C)OCCNC(=O)c1cc(F)cc(S(=O)(=O)Cl)c1F. The standard InChI is InChI=1S/C12H14ClF2NO4S/c1-7(2)20-4-3-16-12(17)9-5-8(14)6-10(11(9)15)21(13,18)19/h5-7H,3-4H2,1-2H3,(H,16,17). The number of hydrogen-bond donors (Lipinski definition) is 1. The normalized spacial score (nSPS) is 11.7. The first kappa shape index (κ1) is 17.8. The molecular formula is C12H14ClF2NO4S. The van der Waals surface area contributed by atoms with Crippen LogP contribution in [0, 0.1) is 11.6 Å². The largest absolute Gasteiger partial charge is 0.377 e. The van der Waals surface area contributed by atoms with Gasteiger partial charge in [0.15, 0.2) is 5.82 Å². The molecule has 0 saturated carbocycles. The van der Waals surface area contributed by atoms with E-state index in [4.69, 9.17) is 15.4 Å². The van der Waals surface area contributed by atoms with Crippen molar-refractivity contribution in [1.29, 1.82) is 0 Å². The number of ether oxygens (including phenoxy) is 1. The van der Waals surface area contributed by atoms with Crippen molar-refractivity contribution in [2.75, 3.05) is 13.2 Å². The molecule has 1 aromatic carbocycles. The van der Waals surface area contributed by atoms with E-state index in [1.165, 1.54) is 0 Å². The Bertz CT molecular complexity index is 634. The molecule has 1 aromatic rings. The van der Waals surface area contributed by atoms with Gasteiger partial charge in [-0.25, -0.2) is 17.2 Å². The fourth-order valence-corrected chi connectivity index (χ4v) is 2.38. The van der Waals surface area contributed by atoms with Gasteiger partial charge >= 0.3 is 0 Å². The van der Waals surface area contributed by atoms with E-state index in [2.05, 4.69) is 5.32 Å². The van der Waals surface area contributed by atoms with Gasteiger partial charge in [-0.05, 0) is 26.0 Å². The smallest absolute Gasteiger partial charge is 0.264 e. The molecule has 0 saturated heterocycles. The maximum atomic E-state index is 13.9. The summed E-state index contributed by atoms with van der Waals surface area (Å²) in [5, 5.41) is 2.29. The van der Waals surface area contributed by atoms with Crippen molar-refractivity contribution in [3.63, 3.8) is 0 Å². The zero-order valence-corrected chi connectivity index (χ0v) is 12.9. The third-order valence-electron chi connectivity index (χ3n) is 2.35. The van der Waals surface area contributed by atoms with Crippen LogP contribution in [0.3, 0.4) is 0 Å². The summed E-state index contributed by atoms with van der Waals surface area (Å²) in [6, 6.07) is 1.01. The lowest BCUT2D eigenvalue weighted by Crippen LogP contribution is -2.29. The highest BCUT2D eigenvalue weighted by Crippen LogP contribution is 2.23. The Labute approximate surface area is 125 Å². The number of nitrogens with one attached hydrogen (secondary N) is 1. The summed E-state index contributed by atoms with van der Waals surface area (Å²) in [5.41, 5.74) is -0.737. The predicted octanol–water partition coefficient (Wildman–Crippen LogP) is 2.05. The number of hydrogen-bond acceptors (Lipinski definition) is 4. The second-order valence-electron chi connectivity index (χ2n) is 4.38. The highest BCUT2D eigenvalue weighted by molar-refractivity contribution is 8.13. The molecule has 1 amide bonds. The van der Waals surface area contributed by atoms with Gasteiger partial charge in [0.1, 0.15) is 10.7 Å². The predicted molar refractivity (Wildman–Crippen MR) is 72.8 cm³/mol. The molecule has 0 bridgehead atoms. The van der Waals surface area contributed by atoms with Crippen LogP contribution in [0.2, 0.25) is 0 Å². The van der Waals surface area contributed by atoms with Crippen LogP contribution in [0.15, 0.2) is 17.0 Å². The molecule has 0 aromatic heterocycles. The molecule has 21 heavy (non-hydrogen) atoms. The third-order valence-corrected chi connectivity index (χ3v) is 3.67. The van der Waals surface area contributed by atoms with E-state index < -0.39 is 37.1 Å². The van der Waals surface area contributed by atoms with Crippen molar-refractivity contribution in [2.24, 2.45) is 0 Å². The van der Waals surface area contributed by atoms with Gasteiger partial charge in [0, 0.05) is 17.2 Å². The Kier molecular flexibility index (Phi) is 6.06. The van der Waals surface area contributed by atoms with Gasteiger partial charge in [-0.3, -0.25) is 4.79 Å². The summed E-state index contributed by atoms with van der Waals surface area (Å²) >= 11 is 0. The Morgan fingerprint density at radius 1 is 1.38 bits per heavy atom. The minimum absolute atomic E-state index is 0.0409. The van der Waals surface area contributed by atoms with Gasteiger partial charge in [0.2, 0.25) is 0 Å². The molecule has 0 unspecified atom stereocenters. The van der Waals surface area contributed by atoms with Crippen LogP contribution in [0.1, 0.15) is 24.2 Å². The van der Waals surface area contributed by atoms with Gasteiger partial charge in [-0.1, -0.05) is 0 Å². The number of carbonyl (C=O) groups excluding carboxylic acids is 1. The van der Waals surface area contributed by atoms with E-state index >= 15 is 0 Å².